The molecule has 92 valence electrons. The number of nitrogens with one attached hydrogen (secondary N) is 1. The first-order valence-electron chi connectivity index (χ1n) is 5.57. The van der Waals surface area contributed by atoms with Gasteiger partial charge in [-0.15, -0.1) is 0 Å². The van der Waals surface area contributed by atoms with Gasteiger partial charge in [0.2, 0.25) is 0 Å². The maximum atomic E-state index is 11.5. The summed E-state index contributed by atoms with van der Waals surface area (Å²) in [5.41, 5.74) is 0.915. The highest BCUT2D eigenvalue weighted by atomic mass is 16.5. The summed E-state index contributed by atoms with van der Waals surface area (Å²) in [5, 5.41) is 2.59. The first-order chi connectivity index (χ1) is 8.20. The summed E-state index contributed by atoms with van der Waals surface area (Å²) in [4.78, 5) is 21.8. The van der Waals surface area contributed by atoms with Crippen LogP contribution < -0.4 is 10.2 Å². The van der Waals surface area contributed by atoms with Gasteiger partial charge in [0.1, 0.15) is 12.1 Å². The van der Waals surface area contributed by atoms with Crippen molar-refractivity contribution in [3.63, 3.8) is 0 Å². The Morgan fingerprint density at radius 1 is 1.59 bits per heavy atom. The first-order valence-corrected chi connectivity index (χ1v) is 5.57. The molecule has 0 saturated carbocycles. The van der Waals surface area contributed by atoms with E-state index < -0.39 is 6.10 Å². The van der Waals surface area contributed by atoms with Gasteiger partial charge in [0.15, 0.2) is 6.10 Å². The van der Waals surface area contributed by atoms with Crippen molar-refractivity contribution < 1.29 is 9.53 Å². The van der Waals surface area contributed by atoms with E-state index in [0.29, 0.717) is 13.2 Å². The van der Waals surface area contributed by atoms with E-state index in [1.54, 1.807) is 7.05 Å². The highest BCUT2D eigenvalue weighted by molar-refractivity contribution is 5.81. The fourth-order valence-electron chi connectivity index (χ4n) is 1.79. The molecule has 1 amide bonds. The van der Waals surface area contributed by atoms with Gasteiger partial charge in [0.05, 0.1) is 13.2 Å². The van der Waals surface area contributed by atoms with Crippen molar-refractivity contribution in [1.29, 1.82) is 0 Å². The number of rotatable bonds is 2. The summed E-state index contributed by atoms with van der Waals surface area (Å²) in [7, 11) is 1.61. The average molecular weight is 236 g/mol. The number of anilines is 1. The van der Waals surface area contributed by atoms with Crippen LogP contribution in [0.2, 0.25) is 0 Å². The molecule has 6 nitrogen and oxygen atoms in total. The molecule has 1 aromatic heterocycles. The van der Waals surface area contributed by atoms with Crippen molar-refractivity contribution in [3.8, 4) is 0 Å². The molecule has 1 fully saturated rings. The molecule has 1 atom stereocenters. The Kier molecular flexibility index (Phi) is 3.53. The lowest BCUT2D eigenvalue weighted by molar-refractivity contribution is -0.132. The predicted molar refractivity (Wildman–Crippen MR) is 62.8 cm³/mol. The third-order valence-electron chi connectivity index (χ3n) is 2.72. The molecular weight excluding hydrogens is 220 g/mol. The SMILES string of the molecule is CNC(=O)[C@@H]1CN(c2cc(C)ncn2)CCO1. The first kappa shape index (κ1) is 11.8. The summed E-state index contributed by atoms with van der Waals surface area (Å²) in [6, 6.07) is 1.91. The van der Waals surface area contributed by atoms with Gasteiger partial charge in [0, 0.05) is 25.4 Å². The van der Waals surface area contributed by atoms with Gasteiger partial charge >= 0.3 is 0 Å². The van der Waals surface area contributed by atoms with Crippen LogP contribution in [-0.4, -0.2) is 48.7 Å². The van der Waals surface area contributed by atoms with Crippen LogP contribution >= 0.6 is 0 Å². The van der Waals surface area contributed by atoms with E-state index in [1.165, 1.54) is 6.33 Å². The van der Waals surface area contributed by atoms with Crippen LogP contribution in [0.1, 0.15) is 5.69 Å². The Bertz CT molecular complexity index is 410. The summed E-state index contributed by atoms with van der Waals surface area (Å²) in [6.07, 6.45) is 1.11. The second-order valence-electron chi connectivity index (χ2n) is 3.94. The second kappa shape index (κ2) is 5.09. The lowest BCUT2D eigenvalue weighted by Gasteiger charge is -2.32. The zero-order chi connectivity index (χ0) is 12.3. The summed E-state index contributed by atoms with van der Waals surface area (Å²) in [6.45, 7) is 3.71. The molecule has 17 heavy (non-hydrogen) atoms. The second-order valence-corrected chi connectivity index (χ2v) is 3.94. The third kappa shape index (κ3) is 2.71. The minimum atomic E-state index is -0.427. The number of aromatic nitrogens is 2. The van der Waals surface area contributed by atoms with Crippen LogP contribution in [-0.2, 0) is 9.53 Å². The molecule has 1 aliphatic heterocycles. The molecular formula is C11H16N4O2. The molecule has 2 rings (SSSR count). The number of nitrogens with zero attached hydrogens (tertiary/aromatic N) is 3. The average Bonchev–Trinajstić information content (AvgIpc) is 2.38. The Hall–Kier alpha value is -1.69. The summed E-state index contributed by atoms with van der Waals surface area (Å²) < 4.78 is 5.42. The van der Waals surface area contributed by atoms with Gasteiger partial charge in [-0.3, -0.25) is 4.79 Å². The topological polar surface area (TPSA) is 67.4 Å². The molecule has 0 spiro atoms. The smallest absolute Gasteiger partial charge is 0.250 e. The van der Waals surface area contributed by atoms with Crippen LogP contribution in [0.4, 0.5) is 5.82 Å². The molecule has 0 aromatic carbocycles. The monoisotopic (exact) mass is 236 g/mol. The summed E-state index contributed by atoms with van der Waals surface area (Å²) >= 11 is 0. The lowest BCUT2D eigenvalue weighted by atomic mass is 10.2. The fourth-order valence-corrected chi connectivity index (χ4v) is 1.79. The number of ether oxygens (including phenoxy) is 1. The maximum Gasteiger partial charge on any atom is 0.250 e. The number of carbonyl (C=O) groups excluding carboxylic acids is 1. The van der Waals surface area contributed by atoms with Crippen LogP contribution in [0.15, 0.2) is 12.4 Å². The van der Waals surface area contributed by atoms with E-state index in [4.69, 9.17) is 4.74 Å². The normalized spacial score (nSPS) is 20.1. The standard InChI is InChI=1S/C11H16N4O2/c1-8-5-10(14-7-13-8)15-3-4-17-9(6-15)11(16)12-2/h5,7,9H,3-4,6H2,1-2H3,(H,12,16)/t9-/m0/s1. The van der Waals surface area contributed by atoms with Crippen molar-refractivity contribution in [2.24, 2.45) is 0 Å². The van der Waals surface area contributed by atoms with Crippen LogP contribution in [0, 0.1) is 6.92 Å². The van der Waals surface area contributed by atoms with Gasteiger partial charge in [-0.1, -0.05) is 0 Å². The molecule has 0 unspecified atom stereocenters. The molecule has 1 aromatic rings. The largest absolute Gasteiger partial charge is 0.365 e. The molecule has 0 bridgehead atoms. The van der Waals surface area contributed by atoms with Crippen molar-refractivity contribution in [2.75, 3.05) is 31.6 Å². The van der Waals surface area contributed by atoms with Crippen molar-refractivity contribution in [2.45, 2.75) is 13.0 Å². The van der Waals surface area contributed by atoms with E-state index >= 15 is 0 Å². The molecule has 1 saturated heterocycles. The molecule has 0 radical (unpaired) electrons. The molecule has 2 heterocycles. The van der Waals surface area contributed by atoms with E-state index in [9.17, 15) is 4.79 Å². The van der Waals surface area contributed by atoms with Crippen LogP contribution in [0.5, 0.6) is 0 Å². The molecule has 1 aliphatic rings. The van der Waals surface area contributed by atoms with Crippen LogP contribution in [0.3, 0.4) is 0 Å². The van der Waals surface area contributed by atoms with Gasteiger partial charge in [-0.25, -0.2) is 9.97 Å². The molecule has 0 aliphatic carbocycles. The van der Waals surface area contributed by atoms with Crippen molar-refractivity contribution in [1.82, 2.24) is 15.3 Å². The minimum absolute atomic E-state index is 0.0968. The molecule has 6 heteroatoms. The Labute approximate surface area is 100 Å². The van der Waals surface area contributed by atoms with E-state index in [-0.39, 0.29) is 5.91 Å². The van der Waals surface area contributed by atoms with Crippen molar-refractivity contribution in [3.05, 3.63) is 18.1 Å². The quantitative estimate of drug-likeness (QED) is 0.766. The van der Waals surface area contributed by atoms with Gasteiger partial charge in [-0.05, 0) is 6.92 Å². The lowest BCUT2D eigenvalue weighted by Crippen LogP contribution is -2.49. The number of carbonyl (C=O) groups is 1. The highest BCUT2D eigenvalue weighted by Gasteiger charge is 2.26. The summed E-state index contributed by atoms with van der Waals surface area (Å²) in [5.74, 6) is 0.746. The molecule has 1 N–H and O–H groups in total. The Morgan fingerprint density at radius 3 is 3.12 bits per heavy atom. The third-order valence-corrected chi connectivity index (χ3v) is 2.72. The Morgan fingerprint density at radius 2 is 2.41 bits per heavy atom. The zero-order valence-corrected chi connectivity index (χ0v) is 10.0. The van der Waals surface area contributed by atoms with Gasteiger partial charge < -0.3 is 15.0 Å². The zero-order valence-electron chi connectivity index (χ0n) is 10.0. The van der Waals surface area contributed by atoms with E-state index in [1.807, 2.05) is 17.9 Å². The number of likely N-dealkylation sites (N-methyl/N-ethyl adjacent to an activating group) is 1. The Balaban J connectivity index is 2.09. The predicted octanol–water partition coefficient (Wildman–Crippen LogP) is -0.264. The van der Waals surface area contributed by atoms with E-state index in [0.717, 1.165) is 18.1 Å². The number of hydrogen-bond acceptors (Lipinski definition) is 5. The maximum absolute atomic E-state index is 11.5. The number of aryl methyl sites for hydroxylation is 1. The van der Waals surface area contributed by atoms with E-state index in [2.05, 4.69) is 15.3 Å². The van der Waals surface area contributed by atoms with Gasteiger partial charge in [0.25, 0.3) is 5.91 Å². The highest BCUT2D eigenvalue weighted by Crippen LogP contribution is 2.15. The van der Waals surface area contributed by atoms with Crippen LogP contribution in [0.25, 0.3) is 0 Å². The number of morpholine rings is 1. The number of amides is 1. The van der Waals surface area contributed by atoms with Gasteiger partial charge in [-0.2, -0.15) is 0 Å². The van der Waals surface area contributed by atoms with Crippen molar-refractivity contribution >= 4 is 11.7 Å². The fraction of sp³-hybridized carbons (Fsp3) is 0.545. The number of hydrogen-bond donors (Lipinski definition) is 1. The minimum Gasteiger partial charge on any atom is -0.365 e.